The molecule has 8 heteroatoms. The highest BCUT2D eigenvalue weighted by Gasteiger charge is 2.48. The number of halogens is 1. The minimum absolute atomic E-state index is 0.265. The van der Waals surface area contributed by atoms with Gasteiger partial charge in [0, 0.05) is 13.1 Å². The third-order valence-electron chi connectivity index (χ3n) is 4.11. The zero-order chi connectivity index (χ0) is 15.0. The molecule has 1 spiro atoms. The number of rotatable bonds is 2. The van der Waals surface area contributed by atoms with E-state index in [9.17, 15) is 14.0 Å². The number of nitrogens with zero attached hydrogens (tertiary/aromatic N) is 3. The molecule has 3 rings (SSSR count). The van der Waals surface area contributed by atoms with Crippen LogP contribution < -0.4 is 15.5 Å². The second kappa shape index (κ2) is 4.94. The molecule has 112 valence electrons. The van der Waals surface area contributed by atoms with Gasteiger partial charge in [0.25, 0.3) is 5.91 Å². The van der Waals surface area contributed by atoms with Gasteiger partial charge in [0.15, 0.2) is 11.6 Å². The van der Waals surface area contributed by atoms with Crippen LogP contribution in [0.2, 0.25) is 0 Å². The van der Waals surface area contributed by atoms with Crippen LogP contribution in [0.3, 0.4) is 0 Å². The number of piperidine rings is 1. The van der Waals surface area contributed by atoms with Crippen molar-refractivity contribution in [3.8, 4) is 0 Å². The molecule has 3 amide bonds. The van der Waals surface area contributed by atoms with Gasteiger partial charge in [-0.1, -0.05) is 6.92 Å². The number of carbonyl (C=O) groups is 2. The van der Waals surface area contributed by atoms with E-state index in [0.29, 0.717) is 38.0 Å². The molecule has 0 aromatic carbocycles. The number of nitrogens with one attached hydrogen (secondary N) is 2. The second-order valence-corrected chi connectivity index (χ2v) is 5.29. The molecule has 2 saturated heterocycles. The number of hydrogen-bond acceptors (Lipinski definition) is 5. The van der Waals surface area contributed by atoms with Gasteiger partial charge in [0.05, 0.1) is 5.69 Å². The van der Waals surface area contributed by atoms with E-state index in [4.69, 9.17) is 0 Å². The Hall–Kier alpha value is -2.25. The predicted octanol–water partition coefficient (Wildman–Crippen LogP) is 0.357. The average Bonchev–Trinajstić information content (AvgIpc) is 2.74. The van der Waals surface area contributed by atoms with Crippen LogP contribution in [-0.4, -0.2) is 40.5 Å². The normalized spacial score (nSPS) is 20.6. The molecule has 1 aromatic rings. The maximum absolute atomic E-state index is 14.2. The van der Waals surface area contributed by atoms with Crippen molar-refractivity contribution in [2.75, 3.05) is 18.0 Å². The van der Waals surface area contributed by atoms with Crippen LogP contribution in [0.25, 0.3) is 0 Å². The van der Waals surface area contributed by atoms with Crippen molar-refractivity contribution in [3.05, 3.63) is 17.8 Å². The SMILES string of the molecule is CCc1ncnc(N2CCC3(CC2)NC(=O)NC3=O)c1F. The van der Waals surface area contributed by atoms with Gasteiger partial charge in [-0.3, -0.25) is 10.1 Å². The molecule has 0 radical (unpaired) electrons. The fraction of sp³-hybridized carbons (Fsp3) is 0.538. The van der Waals surface area contributed by atoms with Gasteiger partial charge < -0.3 is 10.2 Å². The van der Waals surface area contributed by atoms with E-state index >= 15 is 0 Å². The van der Waals surface area contributed by atoms with Gasteiger partial charge in [-0.25, -0.2) is 19.2 Å². The average molecular weight is 293 g/mol. The zero-order valence-corrected chi connectivity index (χ0v) is 11.6. The molecule has 0 bridgehead atoms. The zero-order valence-electron chi connectivity index (χ0n) is 11.6. The number of anilines is 1. The topological polar surface area (TPSA) is 87.2 Å². The molecule has 2 N–H and O–H groups in total. The first-order chi connectivity index (χ1) is 10.1. The summed E-state index contributed by atoms with van der Waals surface area (Å²) in [6.07, 6.45) is 2.70. The molecule has 21 heavy (non-hydrogen) atoms. The molecule has 2 fully saturated rings. The van der Waals surface area contributed by atoms with E-state index in [1.165, 1.54) is 6.33 Å². The summed E-state index contributed by atoms with van der Waals surface area (Å²) in [4.78, 5) is 32.9. The van der Waals surface area contributed by atoms with Crippen LogP contribution in [0.15, 0.2) is 6.33 Å². The Morgan fingerprint density at radius 2 is 2.05 bits per heavy atom. The van der Waals surface area contributed by atoms with Gasteiger partial charge in [-0.15, -0.1) is 0 Å². The lowest BCUT2D eigenvalue weighted by Gasteiger charge is -2.37. The van der Waals surface area contributed by atoms with Crippen molar-refractivity contribution in [1.82, 2.24) is 20.6 Å². The fourth-order valence-electron chi connectivity index (χ4n) is 2.84. The van der Waals surface area contributed by atoms with Crippen molar-refractivity contribution >= 4 is 17.8 Å². The highest BCUT2D eigenvalue weighted by atomic mass is 19.1. The van der Waals surface area contributed by atoms with Crippen LogP contribution in [0.4, 0.5) is 15.0 Å². The summed E-state index contributed by atoms with van der Waals surface area (Å²) in [5, 5.41) is 4.93. The highest BCUT2D eigenvalue weighted by molar-refractivity contribution is 6.07. The number of carbonyl (C=O) groups excluding carboxylic acids is 2. The van der Waals surface area contributed by atoms with Crippen molar-refractivity contribution in [2.45, 2.75) is 31.7 Å². The maximum Gasteiger partial charge on any atom is 0.322 e. The Balaban J connectivity index is 1.77. The lowest BCUT2D eigenvalue weighted by Crippen LogP contribution is -2.55. The number of aryl methyl sites for hydroxylation is 1. The lowest BCUT2D eigenvalue weighted by molar-refractivity contribution is -0.124. The molecular formula is C13H16FN5O2. The van der Waals surface area contributed by atoms with Crippen LogP contribution >= 0.6 is 0 Å². The lowest BCUT2D eigenvalue weighted by atomic mass is 9.88. The summed E-state index contributed by atoms with van der Waals surface area (Å²) in [6.45, 7) is 2.73. The van der Waals surface area contributed by atoms with E-state index in [2.05, 4.69) is 20.6 Å². The van der Waals surface area contributed by atoms with Gasteiger partial charge >= 0.3 is 6.03 Å². The first kappa shape index (κ1) is 13.7. The summed E-state index contributed by atoms with van der Waals surface area (Å²) >= 11 is 0. The monoisotopic (exact) mass is 293 g/mol. The van der Waals surface area contributed by atoms with E-state index in [-0.39, 0.29) is 11.7 Å². The molecule has 1 aromatic heterocycles. The van der Waals surface area contributed by atoms with Gasteiger partial charge in [0.1, 0.15) is 11.9 Å². The maximum atomic E-state index is 14.2. The van der Waals surface area contributed by atoms with Gasteiger partial charge in [-0.2, -0.15) is 0 Å². The Morgan fingerprint density at radius 3 is 2.62 bits per heavy atom. The first-order valence-electron chi connectivity index (χ1n) is 6.93. The summed E-state index contributed by atoms with van der Waals surface area (Å²) in [7, 11) is 0. The summed E-state index contributed by atoms with van der Waals surface area (Å²) in [5.41, 5.74) is -0.475. The van der Waals surface area contributed by atoms with E-state index < -0.39 is 17.4 Å². The standard InChI is InChI=1S/C13H16FN5O2/c1-2-8-9(14)10(16-7-15-8)19-5-3-13(4-6-19)11(20)17-12(21)18-13/h7H,2-6H2,1H3,(H2,17,18,20,21). The van der Waals surface area contributed by atoms with Crippen LogP contribution in [0.1, 0.15) is 25.5 Å². The quantitative estimate of drug-likeness (QED) is 0.769. The highest BCUT2D eigenvalue weighted by Crippen LogP contribution is 2.29. The molecular weight excluding hydrogens is 277 g/mol. The van der Waals surface area contributed by atoms with Crippen molar-refractivity contribution in [3.63, 3.8) is 0 Å². The Bertz CT molecular complexity index is 598. The molecule has 7 nitrogen and oxygen atoms in total. The number of imide groups is 1. The minimum atomic E-state index is -0.856. The summed E-state index contributed by atoms with van der Waals surface area (Å²) in [6, 6.07) is -0.463. The van der Waals surface area contributed by atoms with Gasteiger partial charge in [0.2, 0.25) is 0 Å². The Kier molecular flexibility index (Phi) is 3.23. The minimum Gasteiger partial charge on any atom is -0.354 e. The molecule has 3 heterocycles. The third-order valence-corrected chi connectivity index (χ3v) is 4.11. The van der Waals surface area contributed by atoms with Crippen LogP contribution in [0, 0.1) is 5.82 Å². The number of urea groups is 1. The fourth-order valence-corrected chi connectivity index (χ4v) is 2.84. The molecule has 0 atom stereocenters. The van der Waals surface area contributed by atoms with E-state index in [1.807, 2.05) is 6.92 Å². The van der Waals surface area contributed by atoms with Crippen molar-refractivity contribution in [2.24, 2.45) is 0 Å². The smallest absolute Gasteiger partial charge is 0.322 e. The third kappa shape index (κ3) is 2.20. The molecule has 0 unspecified atom stereocenters. The Morgan fingerprint density at radius 1 is 1.33 bits per heavy atom. The first-order valence-corrected chi connectivity index (χ1v) is 6.93. The number of amides is 3. The molecule has 2 aliphatic rings. The second-order valence-electron chi connectivity index (χ2n) is 5.29. The van der Waals surface area contributed by atoms with E-state index in [1.54, 1.807) is 4.90 Å². The summed E-state index contributed by atoms with van der Waals surface area (Å²) in [5.74, 6) is -0.443. The van der Waals surface area contributed by atoms with Gasteiger partial charge in [-0.05, 0) is 19.3 Å². The Labute approximate surface area is 120 Å². The van der Waals surface area contributed by atoms with Crippen molar-refractivity contribution < 1.29 is 14.0 Å². The molecule has 0 aliphatic carbocycles. The number of hydrogen-bond donors (Lipinski definition) is 2. The van der Waals surface area contributed by atoms with Crippen molar-refractivity contribution in [1.29, 1.82) is 0 Å². The number of aromatic nitrogens is 2. The largest absolute Gasteiger partial charge is 0.354 e. The summed E-state index contributed by atoms with van der Waals surface area (Å²) < 4.78 is 14.2. The van der Waals surface area contributed by atoms with Crippen LogP contribution in [0.5, 0.6) is 0 Å². The molecule has 0 saturated carbocycles. The molecule has 2 aliphatic heterocycles. The van der Waals surface area contributed by atoms with Crippen LogP contribution in [-0.2, 0) is 11.2 Å². The van der Waals surface area contributed by atoms with E-state index in [0.717, 1.165) is 0 Å². The predicted molar refractivity (Wildman–Crippen MR) is 72.2 cm³/mol.